The van der Waals surface area contributed by atoms with Gasteiger partial charge in [-0.2, -0.15) is 5.10 Å². The van der Waals surface area contributed by atoms with Crippen LogP contribution in [0.4, 0.5) is 0 Å². The minimum absolute atomic E-state index is 0.0777. The Morgan fingerprint density at radius 3 is 2.74 bits per heavy atom. The Bertz CT molecular complexity index is 1360. The maximum Gasteiger partial charge on any atom is 0.276 e. The van der Waals surface area contributed by atoms with E-state index in [0.29, 0.717) is 42.1 Å². The third-order valence-corrected chi connectivity index (χ3v) is 6.40. The number of carbonyl (C=O) groups is 1. The van der Waals surface area contributed by atoms with Crippen LogP contribution in [0.2, 0.25) is 0 Å². The molecule has 0 atom stereocenters. The normalized spacial score (nSPS) is 15.7. The zero-order chi connectivity index (χ0) is 20.9. The number of aryl methyl sites for hydroxylation is 1. The lowest BCUT2D eigenvalue weighted by molar-refractivity contribution is 0.0724. The van der Waals surface area contributed by atoms with E-state index in [2.05, 4.69) is 15.3 Å². The molecule has 1 aliphatic carbocycles. The van der Waals surface area contributed by atoms with E-state index in [1.807, 2.05) is 36.4 Å². The number of hydrogen-bond donors (Lipinski definition) is 2. The van der Waals surface area contributed by atoms with Crippen LogP contribution in [0, 0.1) is 0 Å². The molecule has 4 aromatic rings. The van der Waals surface area contributed by atoms with Crippen molar-refractivity contribution < 1.29 is 4.79 Å². The molecule has 0 unspecified atom stereocenters. The highest BCUT2D eigenvalue weighted by Gasteiger charge is 2.30. The molecule has 8 heteroatoms. The molecule has 0 saturated carbocycles. The van der Waals surface area contributed by atoms with E-state index in [9.17, 15) is 9.59 Å². The van der Waals surface area contributed by atoms with E-state index in [1.54, 1.807) is 4.90 Å². The number of benzene rings is 1. The summed E-state index contributed by atoms with van der Waals surface area (Å²) >= 11 is 0. The molecule has 2 aliphatic rings. The third-order valence-electron chi connectivity index (χ3n) is 6.40. The Labute approximate surface area is 177 Å². The topological polar surface area (TPSA) is 99.2 Å². The molecule has 6 rings (SSSR count). The molecule has 4 heterocycles. The maximum absolute atomic E-state index is 13.2. The van der Waals surface area contributed by atoms with Crippen molar-refractivity contribution in [1.29, 1.82) is 0 Å². The minimum atomic E-state index is -0.0913. The van der Waals surface area contributed by atoms with Crippen molar-refractivity contribution in [3.05, 3.63) is 75.0 Å². The van der Waals surface area contributed by atoms with Crippen LogP contribution in [-0.2, 0) is 25.8 Å². The molecule has 1 aliphatic heterocycles. The Morgan fingerprint density at radius 1 is 1.03 bits per heavy atom. The molecule has 1 amide bonds. The van der Waals surface area contributed by atoms with Crippen molar-refractivity contribution in [1.82, 2.24) is 29.7 Å². The highest BCUT2D eigenvalue weighted by molar-refractivity contribution is 5.94. The first kappa shape index (κ1) is 18.1. The van der Waals surface area contributed by atoms with Gasteiger partial charge in [0.05, 0.1) is 17.9 Å². The smallest absolute Gasteiger partial charge is 0.276 e. The highest BCUT2D eigenvalue weighted by Crippen LogP contribution is 2.25. The van der Waals surface area contributed by atoms with Gasteiger partial charge in [0.2, 0.25) is 0 Å². The average molecular weight is 414 g/mol. The molecular weight excluding hydrogens is 392 g/mol. The van der Waals surface area contributed by atoms with Crippen LogP contribution in [0.3, 0.4) is 0 Å². The molecule has 0 bridgehead atoms. The summed E-state index contributed by atoms with van der Waals surface area (Å²) in [6, 6.07) is 11.7. The number of amides is 1. The molecule has 0 radical (unpaired) electrons. The van der Waals surface area contributed by atoms with Gasteiger partial charge >= 0.3 is 0 Å². The molecule has 0 fully saturated rings. The molecular formula is C23H22N6O2. The predicted molar refractivity (Wildman–Crippen MR) is 115 cm³/mol. The quantitative estimate of drug-likeness (QED) is 0.526. The number of hydrogen-bond acceptors (Lipinski definition) is 4. The molecule has 3 aromatic heterocycles. The van der Waals surface area contributed by atoms with E-state index in [-0.39, 0.29) is 11.5 Å². The number of aromatic nitrogens is 5. The Hall–Kier alpha value is -3.68. The number of rotatable bonds is 2. The van der Waals surface area contributed by atoms with Gasteiger partial charge in [-0.1, -0.05) is 30.3 Å². The average Bonchev–Trinajstić information content (AvgIpc) is 3.44. The van der Waals surface area contributed by atoms with Gasteiger partial charge in [-0.25, -0.2) is 9.50 Å². The lowest BCUT2D eigenvalue weighted by Gasteiger charge is -2.27. The van der Waals surface area contributed by atoms with Gasteiger partial charge in [-0.3, -0.25) is 19.8 Å². The van der Waals surface area contributed by atoms with E-state index in [4.69, 9.17) is 4.98 Å². The summed E-state index contributed by atoms with van der Waals surface area (Å²) in [5, 5.41) is 10.5. The number of nitrogens with one attached hydrogen (secondary N) is 2. The van der Waals surface area contributed by atoms with Gasteiger partial charge in [0.25, 0.3) is 11.5 Å². The fourth-order valence-electron chi connectivity index (χ4n) is 4.74. The van der Waals surface area contributed by atoms with Crippen molar-refractivity contribution in [2.45, 2.75) is 38.6 Å². The fourth-order valence-corrected chi connectivity index (χ4v) is 4.74. The van der Waals surface area contributed by atoms with Crippen LogP contribution in [-0.4, -0.2) is 42.1 Å². The lowest BCUT2D eigenvalue weighted by Crippen LogP contribution is -2.40. The van der Waals surface area contributed by atoms with Crippen molar-refractivity contribution in [2.75, 3.05) is 6.54 Å². The van der Waals surface area contributed by atoms with Crippen LogP contribution < -0.4 is 5.56 Å². The van der Waals surface area contributed by atoms with Crippen molar-refractivity contribution in [3.63, 3.8) is 0 Å². The lowest BCUT2D eigenvalue weighted by atomic mass is 9.95. The second-order valence-corrected chi connectivity index (χ2v) is 8.28. The second kappa shape index (κ2) is 6.94. The van der Waals surface area contributed by atoms with Gasteiger partial charge in [0.15, 0.2) is 11.3 Å². The SMILES string of the molecule is O=C(c1n[nH]c2c1CCCC2)N1CCc2c(nc3cc(-c4ccccc4)[nH]n3c2=O)C1. The zero-order valence-electron chi connectivity index (χ0n) is 17.0. The molecule has 2 N–H and O–H groups in total. The van der Waals surface area contributed by atoms with Crippen LogP contribution in [0.1, 0.15) is 45.8 Å². The largest absolute Gasteiger partial charge is 0.331 e. The molecule has 8 nitrogen and oxygen atoms in total. The molecule has 0 spiro atoms. The van der Waals surface area contributed by atoms with E-state index >= 15 is 0 Å². The summed E-state index contributed by atoms with van der Waals surface area (Å²) in [5.74, 6) is -0.0777. The highest BCUT2D eigenvalue weighted by atomic mass is 16.2. The molecule has 0 saturated heterocycles. The summed E-state index contributed by atoms with van der Waals surface area (Å²) in [4.78, 5) is 32.8. The summed E-state index contributed by atoms with van der Waals surface area (Å²) in [7, 11) is 0. The maximum atomic E-state index is 13.2. The standard InChI is InChI=1S/C23H22N6O2/c30-22-16-10-11-28(23(31)21-15-8-4-5-9-17(15)25-26-21)13-19(16)24-20-12-18(27-29(20)22)14-6-2-1-3-7-14/h1-3,6-7,12,27H,4-5,8-11,13H2,(H,25,26). The van der Waals surface area contributed by atoms with E-state index in [1.165, 1.54) is 4.52 Å². The van der Waals surface area contributed by atoms with Crippen molar-refractivity contribution >= 4 is 11.6 Å². The monoisotopic (exact) mass is 414 g/mol. The number of aromatic amines is 2. The van der Waals surface area contributed by atoms with Gasteiger partial charge in [0.1, 0.15) is 0 Å². The summed E-state index contributed by atoms with van der Waals surface area (Å²) in [6.07, 6.45) is 4.55. The number of carbonyl (C=O) groups excluding carboxylic acids is 1. The first-order chi connectivity index (χ1) is 15.2. The number of fused-ring (bicyclic) bond motifs is 3. The number of H-pyrrole nitrogens is 2. The van der Waals surface area contributed by atoms with Crippen molar-refractivity contribution in [3.8, 4) is 11.3 Å². The zero-order valence-corrected chi connectivity index (χ0v) is 17.0. The first-order valence-corrected chi connectivity index (χ1v) is 10.7. The Morgan fingerprint density at radius 2 is 1.87 bits per heavy atom. The molecule has 156 valence electrons. The van der Waals surface area contributed by atoms with Gasteiger partial charge in [-0.15, -0.1) is 0 Å². The van der Waals surface area contributed by atoms with Gasteiger partial charge < -0.3 is 4.90 Å². The predicted octanol–water partition coefficient (Wildman–Crippen LogP) is 2.49. The Kier molecular flexibility index (Phi) is 4.05. The van der Waals surface area contributed by atoms with Gasteiger partial charge in [0, 0.05) is 29.4 Å². The minimum Gasteiger partial charge on any atom is -0.331 e. The van der Waals surface area contributed by atoms with Crippen LogP contribution in [0.15, 0.2) is 41.2 Å². The van der Waals surface area contributed by atoms with E-state index in [0.717, 1.165) is 48.2 Å². The second-order valence-electron chi connectivity index (χ2n) is 8.28. The summed E-state index contributed by atoms with van der Waals surface area (Å²) in [5.41, 5.74) is 6.33. The van der Waals surface area contributed by atoms with Gasteiger partial charge in [-0.05, 0) is 37.7 Å². The summed E-state index contributed by atoms with van der Waals surface area (Å²) in [6.45, 7) is 0.816. The van der Waals surface area contributed by atoms with Crippen LogP contribution in [0.25, 0.3) is 16.9 Å². The molecule has 1 aromatic carbocycles. The number of nitrogens with zero attached hydrogens (tertiary/aromatic N) is 4. The van der Waals surface area contributed by atoms with Crippen LogP contribution in [0.5, 0.6) is 0 Å². The molecule has 31 heavy (non-hydrogen) atoms. The fraction of sp³-hybridized carbons (Fsp3) is 0.304. The Balaban J connectivity index is 1.35. The third kappa shape index (κ3) is 2.90. The van der Waals surface area contributed by atoms with Crippen molar-refractivity contribution in [2.24, 2.45) is 0 Å². The first-order valence-electron chi connectivity index (χ1n) is 10.7. The van der Waals surface area contributed by atoms with E-state index < -0.39 is 0 Å². The van der Waals surface area contributed by atoms with Crippen LogP contribution >= 0.6 is 0 Å². The summed E-state index contributed by atoms with van der Waals surface area (Å²) < 4.78 is 1.50.